The second-order valence-electron chi connectivity index (χ2n) is 2.26. The minimum Gasteiger partial charge on any atom is -0.385 e. The van der Waals surface area contributed by atoms with Gasteiger partial charge in [0, 0.05) is 20.3 Å². The van der Waals surface area contributed by atoms with Gasteiger partial charge in [-0.1, -0.05) is 5.11 Å². The van der Waals surface area contributed by atoms with Gasteiger partial charge in [-0.25, -0.2) is 4.79 Å². The molecule has 0 aromatic heterocycles. The molecular weight excluding hydrogens is 178 g/mol. The van der Waals surface area contributed by atoms with Crippen molar-refractivity contribution in [2.75, 3.05) is 20.3 Å². The van der Waals surface area contributed by atoms with E-state index in [0.29, 0.717) is 13.2 Å². The zero-order chi connectivity index (χ0) is 8.97. The molecule has 0 fully saturated rings. The van der Waals surface area contributed by atoms with Crippen molar-refractivity contribution in [3.8, 4) is 0 Å². The Morgan fingerprint density at radius 2 is 2.33 bits per heavy atom. The average molecular weight is 187 g/mol. The zero-order valence-corrected chi connectivity index (χ0v) is 7.50. The highest BCUT2D eigenvalue weighted by molar-refractivity contribution is 7.80. The molecule has 0 atom stereocenters. The van der Waals surface area contributed by atoms with Crippen molar-refractivity contribution in [3.63, 3.8) is 0 Å². The zero-order valence-electron chi connectivity index (χ0n) is 6.69. The fraction of sp³-hybridized carbons (Fsp3) is 0.667. The molecule has 0 aliphatic carbocycles. The lowest BCUT2D eigenvalue weighted by molar-refractivity contribution is 0.186. The van der Waals surface area contributed by atoms with Crippen molar-refractivity contribution in [3.05, 3.63) is 0 Å². The van der Waals surface area contributed by atoms with E-state index in [0.717, 1.165) is 6.42 Å². The number of nitrogens with zero attached hydrogens (tertiary/aromatic N) is 3. The summed E-state index contributed by atoms with van der Waals surface area (Å²) in [4.78, 5) is 12.3. The normalized spacial score (nSPS) is 16.2. The molecule has 1 aliphatic rings. The van der Waals surface area contributed by atoms with Gasteiger partial charge in [-0.2, -0.15) is 0 Å². The first-order chi connectivity index (χ1) is 5.75. The van der Waals surface area contributed by atoms with E-state index in [1.807, 2.05) is 0 Å². The second kappa shape index (κ2) is 4.22. The number of rotatable bonds is 4. The van der Waals surface area contributed by atoms with E-state index in [4.69, 9.17) is 17.0 Å². The molecule has 6 heteroatoms. The van der Waals surface area contributed by atoms with E-state index in [-0.39, 0.29) is 11.1 Å². The van der Waals surface area contributed by atoms with E-state index in [9.17, 15) is 4.79 Å². The first kappa shape index (κ1) is 9.21. The summed E-state index contributed by atoms with van der Waals surface area (Å²) in [6.45, 7) is 1.13. The number of thiocarbonyl (C=S) groups is 1. The maximum Gasteiger partial charge on any atom is 0.368 e. The molecule has 0 saturated carbocycles. The Kier molecular flexibility index (Phi) is 3.24. The summed E-state index contributed by atoms with van der Waals surface area (Å²) in [7, 11) is 1.61. The van der Waals surface area contributed by atoms with Crippen molar-refractivity contribution in [2.45, 2.75) is 6.42 Å². The van der Waals surface area contributed by atoms with Crippen LogP contribution in [0.15, 0.2) is 10.2 Å². The van der Waals surface area contributed by atoms with E-state index in [2.05, 4.69) is 10.2 Å². The van der Waals surface area contributed by atoms with Gasteiger partial charge in [-0.05, 0) is 18.6 Å². The van der Waals surface area contributed by atoms with E-state index in [1.54, 1.807) is 7.11 Å². The Hall–Kier alpha value is -0.880. The lowest BCUT2D eigenvalue weighted by atomic mass is 10.4. The number of amides is 2. The molecule has 0 spiro atoms. The third kappa shape index (κ3) is 2.05. The van der Waals surface area contributed by atoms with E-state index < -0.39 is 0 Å². The lowest BCUT2D eigenvalue weighted by Gasteiger charge is -2.10. The fourth-order valence-electron chi connectivity index (χ4n) is 0.834. The van der Waals surface area contributed by atoms with Gasteiger partial charge < -0.3 is 4.74 Å². The molecule has 1 rings (SSSR count). The molecule has 12 heavy (non-hydrogen) atoms. The topological polar surface area (TPSA) is 54.3 Å². The van der Waals surface area contributed by atoms with Crippen LogP contribution in [0.25, 0.3) is 0 Å². The smallest absolute Gasteiger partial charge is 0.368 e. The van der Waals surface area contributed by atoms with Crippen LogP contribution in [0, 0.1) is 0 Å². The number of urea groups is 1. The molecule has 0 saturated heterocycles. The maximum absolute atomic E-state index is 10.9. The first-order valence-electron chi connectivity index (χ1n) is 3.52. The van der Waals surface area contributed by atoms with Crippen LogP contribution in [-0.2, 0) is 4.74 Å². The minimum atomic E-state index is -0.379. The maximum atomic E-state index is 10.9. The highest BCUT2D eigenvalue weighted by atomic mass is 32.1. The Morgan fingerprint density at radius 3 is 2.83 bits per heavy atom. The van der Waals surface area contributed by atoms with Crippen LogP contribution < -0.4 is 0 Å². The number of carbonyl (C=O) groups excluding carboxylic acids is 1. The molecule has 0 aromatic carbocycles. The van der Waals surface area contributed by atoms with Gasteiger partial charge in [0.2, 0.25) is 5.11 Å². The van der Waals surface area contributed by atoms with Gasteiger partial charge in [0.1, 0.15) is 0 Å². The minimum absolute atomic E-state index is 0.246. The molecule has 0 bridgehead atoms. The summed E-state index contributed by atoms with van der Waals surface area (Å²) in [6.07, 6.45) is 0.743. The molecule has 5 nitrogen and oxygen atoms in total. The average Bonchev–Trinajstić information content (AvgIpc) is 2.35. The van der Waals surface area contributed by atoms with Crippen LogP contribution >= 0.6 is 12.2 Å². The van der Waals surface area contributed by atoms with Gasteiger partial charge in [0.05, 0.1) is 0 Å². The summed E-state index contributed by atoms with van der Waals surface area (Å²) in [5, 5.41) is 7.02. The van der Waals surface area contributed by atoms with Gasteiger partial charge >= 0.3 is 6.03 Å². The SMILES string of the molecule is COCCCN1C(=O)N=NC1=S. The molecule has 66 valence electrons. The Balaban J connectivity index is 2.33. The van der Waals surface area contributed by atoms with Crippen LogP contribution in [-0.4, -0.2) is 36.3 Å². The number of methoxy groups -OCH3 is 1. The van der Waals surface area contributed by atoms with Gasteiger partial charge in [0.25, 0.3) is 0 Å². The van der Waals surface area contributed by atoms with Crippen LogP contribution in [0.2, 0.25) is 0 Å². The van der Waals surface area contributed by atoms with Gasteiger partial charge in [-0.3, -0.25) is 4.90 Å². The van der Waals surface area contributed by atoms with Crippen LogP contribution in [0.3, 0.4) is 0 Å². The molecule has 0 N–H and O–H groups in total. The molecule has 1 aliphatic heterocycles. The number of hydrogen-bond donors (Lipinski definition) is 0. The monoisotopic (exact) mass is 187 g/mol. The summed E-state index contributed by atoms with van der Waals surface area (Å²) in [5.74, 6) is 0. The van der Waals surface area contributed by atoms with E-state index >= 15 is 0 Å². The molecule has 0 aromatic rings. The lowest BCUT2D eigenvalue weighted by Crippen LogP contribution is -2.29. The van der Waals surface area contributed by atoms with Crippen molar-refractivity contribution >= 4 is 23.4 Å². The number of carbonyl (C=O) groups is 1. The Bertz CT molecular complexity index is 211. The molecule has 2 amide bonds. The van der Waals surface area contributed by atoms with Crippen molar-refractivity contribution in [2.24, 2.45) is 10.2 Å². The third-order valence-corrected chi connectivity index (χ3v) is 1.72. The quantitative estimate of drug-likeness (QED) is 0.490. The largest absolute Gasteiger partial charge is 0.385 e. The Labute approximate surface area is 75.4 Å². The highest BCUT2D eigenvalue weighted by Gasteiger charge is 2.22. The first-order valence-corrected chi connectivity index (χ1v) is 3.92. The van der Waals surface area contributed by atoms with Crippen LogP contribution in [0.5, 0.6) is 0 Å². The van der Waals surface area contributed by atoms with Crippen molar-refractivity contribution in [1.29, 1.82) is 0 Å². The number of azo groups is 1. The molecule has 0 unspecified atom stereocenters. The fourth-order valence-corrected chi connectivity index (χ4v) is 1.04. The predicted molar refractivity (Wildman–Crippen MR) is 46.0 cm³/mol. The summed E-state index contributed by atoms with van der Waals surface area (Å²) in [6, 6.07) is -0.379. The molecule has 0 radical (unpaired) electrons. The second-order valence-corrected chi connectivity index (χ2v) is 2.63. The third-order valence-electron chi connectivity index (χ3n) is 1.41. The van der Waals surface area contributed by atoms with Crippen molar-refractivity contribution < 1.29 is 9.53 Å². The standard InChI is InChI=1S/C6H9N3O2S/c1-11-4-2-3-9-5(10)7-8-6(9)12/h2-4H2,1H3. The number of hydrogen-bond acceptors (Lipinski definition) is 3. The predicted octanol–water partition coefficient (Wildman–Crippen LogP) is 1.20. The molecular formula is C6H9N3O2S. The summed E-state index contributed by atoms with van der Waals surface area (Å²) in [5.41, 5.74) is 0. The van der Waals surface area contributed by atoms with E-state index in [1.165, 1.54) is 4.90 Å². The van der Waals surface area contributed by atoms with Gasteiger partial charge in [0.15, 0.2) is 0 Å². The van der Waals surface area contributed by atoms with Crippen molar-refractivity contribution in [1.82, 2.24) is 4.90 Å². The molecule has 1 heterocycles. The summed E-state index contributed by atoms with van der Waals surface area (Å²) >= 11 is 4.77. The summed E-state index contributed by atoms with van der Waals surface area (Å²) < 4.78 is 4.83. The van der Waals surface area contributed by atoms with Gasteiger partial charge in [-0.15, -0.1) is 5.11 Å². The number of ether oxygens (including phenoxy) is 1. The highest BCUT2D eigenvalue weighted by Crippen LogP contribution is 2.07. The van der Waals surface area contributed by atoms with Crippen LogP contribution in [0.1, 0.15) is 6.42 Å². The van der Waals surface area contributed by atoms with Crippen LogP contribution in [0.4, 0.5) is 4.79 Å². The Morgan fingerprint density at radius 1 is 1.58 bits per heavy atom.